The Kier molecular flexibility index (Phi) is 4.41. The molecule has 1 aromatic heterocycles. The van der Waals surface area contributed by atoms with E-state index in [0.29, 0.717) is 23.7 Å². The van der Waals surface area contributed by atoms with Crippen molar-refractivity contribution in [3.8, 4) is 11.5 Å². The summed E-state index contributed by atoms with van der Waals surface area (Å²) in [6.45, 7) is 0.590. The van der Waals surface area contributed by atoms with E-state index in [2.05, 4.69) is 16.8 Å². The molecule has 0 saturated heterocycles. The van der Waals surface area contributed by atoms with Crippen LogP contribution in [0.3, 0.4) is 0 Å². The molecule has 3 N–H and O–H groups in total. The van der Waals surface area contributed by atoms with E-state index in [1.165, 1.54) is 5.56 Å². The van der Waals surface area contributed by atoms with Crippen LogP contribution in [0.4, 0.5) is 0 Å². The van der Waals surface area contributed by atoms with Gasteiger partial charge in [-0.1, -0.05) is 0 Å². The van der Waals surface area contributed by atoms with Crippen molar-refractivity contribution in [2.24, 2.45) is 5.73 Å². The van der Waals surface area contributed by atoms with Gasteiger partial charge in [0.1, 0.15) is 5.84 Å². The highest BCUT2D eigenvalue weighted by atomic mass is 32.1. The summed E-state index contributed by atoms with van der Waals surface area (Å²) in [5, 5.41) is 11.6. The van der Waals surface area contributed by atoms with Crippen LogP contribution >= 0.6 is 11.3 Å². The summed E-state index contributed by atoms with van der Waals surface area (Å²) in [6.07, 6.45) is 0.862. The molecule has 100 valence electrons. The zero-order valence-electron chi connectivity index (χ0n) is 10.7. The molecule has 1 heterocycles. The molecule has 0 radical (unpaired) electrons. The fourth-order valence-electron chi connectivity index (χ4n) is 1.67. The molecule has 2 rings (SSSR count). The third-order valence-corrected chi connectivity index (χ3v) is 3.44. The molecule has 5 heteroatoms. The highest BCUT2D eigenvalue weighted by Crippen LogP contribution is 2.28. The molecule has 0 aliphatic heterocycles. The van der Waals surface area contributed by atoms with E-state index < -0.39 is 0 Å². The third-order valence-electron chi connectivity index (χ3n) is 2.70. The molecule has 0 aliphatic rings. The summed E-state index contributed by atoms with van der Waals surface area (Å²) in [6, 6.07) is 7.33. The van der Waals surface area contributed by atoms with E-state index in [4.69, 9.17) is 20.6 Å². The Hall–Kier alpha value is -2.01. The second kappa shape index (κ2) is 6.24. The first kappa shape index (κ1) is 13.4. The number of hydrogen-bond donors (Lipinski definition) is 2. The molecule has 0 aliphatic carbocycles. The number of thiophene rings is 1. The van der Waals surface area contributed by atoms with Gasteiger partial charge in [0.15, 0.2) is 11.5 Å². The minimum Gasteiger partial charge on any atom is -0.493 e. The molecule has 0 spiro atoms. The van der Waals surface area contributed by atoms with Crippen molar-refractivity contribution in [3.63, 3.8) is 0 Å². The lowest BCUT2D eigenvalue weighted by Gasteiger charge is -2.11. The summed E-state index contributed by atoms with van der Waals surface area (Å²) in [7, 11) is 1.57. The molecule has 0 fully saturated rings. The SMILES string of the molecule is COc1cc(C(=N)N)ccc1OCCc1ccsc1. The molecule has 0 saturated carbocycles. The van der Waals surface area contributed by atoms with Crippen LogP contribution in [-0.4, -0.2) is 19.6 Å². The quantitative estimate of drug-likeness (QED) is 0.629. The van der Waals surface area contributed by atoms with Gasteiger partial charge in [-0.25, -0.2) is 0 Å². The normalized spacial score (nSPS) is 10.2. The maximum Gasteiger partial charge on any atom is 0.161 e. The van der Waals surface area contributed by atoms with Crippen LogP contribution in [-0.2, 0) is 6.42 Å². The first-order valence-corrected chi connectivity index (χ1v) is 6.81. The van der Waals surface area contributed by atoms with E-state index in [1.54, 1.807) is 36.6 Å². The van der Waals surface area contributed by atoms with Gasteiger partial charge in [-0.05, 0) is 40.6 Å². The van der Waals surface area contributed by atoms with Crippen molar-refractivity contribution >= 4 is 17.2 Å². The number of nitrogens with one attached hydrogen (secondary N) is 1. The van der Waals surface area contributed by atoms with Crippen LogP contribution in [0.5, 0.6) is 11.5 Å². The van der Waals surface area contributed by atoms with E-state index in [9.17, 15) is 0 Å². The van der Waals surface area contributed by atoms with Crippen LogP contribution in [0.15, 0.2) is 35.0 Å². The van der Waals surface area contributed by atoms with Crippen molar-refractivity contribution in [1.82, 2.24) is 0 Å². The van der Waals surface area contributed by atoms with Crippen molar-refractivity contribution in [1.29, 1.82) is 5.41 Å². The average molecular weight is 276 g/mol. The van der Waals surface area contributed by atoms with Crippen LogP contribution in [0.25, 0.3) is 0 Å². The lowest BCUT2D eigenvalue weighted by atomic mass is 10.2. The highest BCUT2D eigenvalue weighted by Gasteiger charge is 2.07. The molecular weight excluding hydrogens is 260 g/mol. The second-order valence-electron chi connectivity index (χ2n) is 4.01. The maximum absolute atomic E-state index is 7.39. The molecule has 1 aromatic carbocycles. The van der Waals surface area contributed by atoms with Gasteiger partial charge < -0.3 is 15.2 Å². The molecule has 0 amide bonds. The fraction of sp³-hybridized carbons (Fsp3) is 0.214. The number of ether oxygens (including phenoxy) is 2. The number of rotatable bonds is 6. The third kappa shape index (κ3) is 3.48. The van der Waals surface area contributed by atoms with E-state index in [1.807, 2.05) is 0 Å². The first-order valence-electron chi connectivity index (χ1n) is 5.87. The van der Waals surface area contributed by atoms with Crippen molar-refractivity contribution < 1.29 is 9.47 Å². The molecule has 0 atom stereocenters. The highest BCUT2D eigenvalue weighted by molar-refractivity contribution is 7.07. The van der Waals surface area contributed by atoms with Gasteiger partial charge in [0.25, 0.3) is 0 Å². The lowest BCUT2D eigenvalue weighted by Crippen LogP contribution is -2.11. The summed E-state index contributed by atoms with van der Waals surface area (Å²) in [5.41, 5.74) is 7.33. The van der Waals surface area contributed by atoms with Gasteiger partial charge in [0.2, 0.25) is 0 Å². The van der Waals surface area contributed by atoms with Gasteiger partial charge in [0.05, 0.1) is 13.7 Å². The number of methoxy groups -OCH3 is 1. The minimum atomic E-state index is 0.0168. The average Bonchev–Trinajstić information content (AvgIpc) is 2.92. The monoisotopic (exact) mass is 276 g/mol. The summed E-state index contributed by atoms with van der Waals surface area (Å²) < 4.78 is 11.0. The Balaban J connectivity index is 2.01. The summed E-state index contributed by atoms with van der Waals surface area (Å²) in [4.78, 5) is 0. The topological polar surface area (TPSA) is 68.3 Å². The Labute approximate surface area is 116 Å². The molecule has 4 nitrogen and oxygen atoms in total. The van der Waals surface area contributed by atoms with Crippen molar-refractivity contribution in [2.75, 3.05) is 13.7 Å². The second-order valence-corrected chi connectivity index (χ2v) is 4.79. The number of nitrogen functional groups attached to an aromatic ring is 1. The predicted molar refractivity (Wildman–Crippen MR) is 77.5 cm³/mol. The van der Waals surface area contributed by atoms with E-state index in [0.717, 1.165) is 6.42 Å². The van der Waals surface area contributed by atoms with E-state index >= 15 is 0 Å². The lowest BCUT2D eigenvalue weighted by molar-refractivity contribution is 0.298. The Morgan fingerprint density at radius 3 is 2.79 bits per heavy atom. The summed E-state index contributed by atoms with van der Waals surface area (Å²) >= 11 is 1.68. The van der Waals surface area contributed by atoms with Gasteiger partial charge in [-0.3, -0.25) is 5.41 Å². The molecule has 19 heavy (non-hydrogen) atoms. The van der Waals surface area contributed by atoms with Crippen molar-refractivity contribution in [3.05, 3.63) is 46.2 Å². The number of amidine groups is 1. The largest absolute Gasteiger partial charge is 0.493 e. The fourth-order valence-corrected chi connectivity index (χ4v) is 2.37. The maximum atomic E-state index is 7.39. The van der Waals surface area contributed by atoms with Crippen LogP contribution in [0.2, 0.25) is 0 Å². The number of benzene rings is 1. The Bertz CT molecular complexity index is 553. The molecule has 0 unspecified atom stereocenters. The zero-order chi connectivity index (χ0) is 13.7. The molecule has 2 aromatic rings. The van der Waals surface area contributed by atoms with Gasteiger partial charge >= 0.3 is 0 Å². The zero-order valence-corrected chi connectivity index (χ0v) is 11.5. The first-order chi connectivity index (χ1) is 9.20. The van der Waals surface area contributed by atoms with Gasteiger partial charge in [-0.2, -0.15) is 11.3 Å². The minimum absolute atomic E-state index is 0.0168. The summed E-state index contributed by atoms with van der Waals surface area (Å²) in [5.74, 6) is 1.28. The van der Waals surface area contributed by atoms with Crippen LogP contribution in [0, 0.1) is 5.41 Å². The van der Waals surface area contributed by atoms with Crippen LogP contribution < -0.4 is 15.2 Å². The predicted octanol–water partition coefficient (Wildman–Crippen LogP) is 2.66. The standard InChI is InChI=1S/C14H16N2O2S/c1-17-13-8-11(14(15)16)2-3-12(13)18-6-4-10-5-7-19-9-10/h2-3,5,7-9H,4,6H2,1H3,(H3,15,16). The molecular formula is C14H16N2O2S. The number of hydrogen-bond acceptors (Lipinski definition) is 4. The Morgan fingerprint density at radius 2 is 2.16 bits per heavy atom. The Morgan fingerprint density at radius 1 is 1.32 bits per heavy atom. The number of nitrogens with two attached hydrogens (primary N) is 1. The van der Waals surface area contributed by atoms with Crippen LogP contribution in [0.1, 0.15) is 11.1 Å². The van der Waals surface area contributed by atoms with Crippen molar-refractivity contribution in [2.45, 2.75) is 6.42 Å². The van der Waals surface area contributed by atoms with E-state index in [-0.39, 0.29) is 5.84 Å². The molecule has 0 bridgehead atoms. The van der Waals surface area contributed by atoms with Gasteiger partial charge in [0, 0.05) is 12.0 Å². The smallest absolute Gasteiger partial charge is 0.161 e. The van der Waals surface area contributed by atoms with Gasteiger partial charge in [-0.15, -0.1) is 0 Å².